The molecule has 2 rings (SSSR count). The van der Waals surface area contributed by atoms with Crippen molar-refractivity contribution in [3.63, 3.8) is 0 Å². The third-order valence-electron chi connectivity index (χ3n) is 2.66. The lowest BCUT2D eigenvalue weighted by molar-refractivity contribution is -0.385. The minimum absolute atomic E-state index is 0.00957. The molecule has 0 saturated heterocycles. The molecular weight excluding hydrogens is 299 g/mol. The van der Waals surface area contributed by atoms with Crippen LogP contribution in [0.15, 0.2) is 36.4 Å². The van der Waals surface area contributed by atoms with Gasteiger partial charge in [0, 0.05) is 17.2 Å². The summed E-state index contributed by atoms with van der Waals surface area (Å²) in [4.78, 5) is 10.3. The van der Waals surface area contributed by atoms with Crippen LogP contribution < -0.4 is 4.74 Å². The summed E-state index contributed by atoms with van der Waals surface area (Å²) in [5, 5.41) is 19.9. The van der Waals surface area contributed by atoms with E-state index < -0.39 is 10.7 Å². The van der Waals surface area contributed by atoms with Crippen LogP contribution >= 0.6 is 11.6 Å². The van der Waals surface area contributed by atoms with Crippen LogP contribution in [0.3, 0.4) is 0 Å². The summed E-state index contributed by atoms with van der Waals surface area (Å²) in [7, 11) is 0. The maximum Gasteiger partial charge on any atom is 0.311 e. The van der Waals surface area contributed by atoms with Crippen molar-refractivity contribution >= 4 is 17.3 Å². The molecule has 0 N–H and O–H groups in total. The van der Waals surface area contributed by atoms with E-state index in [1.54, 1.807) is 6.07 Å². The van der Waals surface area contributed by atoms with Crippen LogP contribution in [0.1, 0.15) is 11.1 Å². The molecule has 0 amide bonds. The third kappa shape index (κ3) is 3.46. The molecular formula is C14H8ClFN2O3. The topological polar surface area (TPSA) is 76.2 Å². The number of nitro benzene ring substituents is 1. The Morgan fingerprint density at radius 2 is 2.10 bits per heavy atom. The zero-order chi connectivity index (χ0) is 15.4. The molecule has 0 saturated carbocycles. The fraction of sp³-hybridized carbons (Fsp3) is 0.0714. The largest absolute Gasteiger partial charge is 0.482 e. The van der Waals surface area contributed by atoms with Crippen molar-refractivity contribution in [2.45, 2.75) is 6.61 Å². The summed E-state index contributed by atoms with van der Waals surface area (Å²) < 4.78 is 18.5. The summed E-state index contributed by atoms with van der Waals surface area (Å²) in [5.41, 5.74) is 0.181. The average Bonchev–Trinajstić information content (AvgIpc) is 2.46. The van der Waals surface area contributed by atoms with E-state index in [1.807, 2.05) is 0 Å². The Hall–Kier alpha value is -2.65. The van der Waals surface area contributed by atoms with Crippen LogP contribution in [0.25, 0.3) is 0 Å². The van der Waals surface area contributed by atoms with Gasteiger partial charge in [-0.25, -0.2) is 4.39 Å². The second-order valence-electron chi connectivity index (χ2n) is 4.08. The van der Waals surface area contributed by atoms with E-state index in [0.717, 1.165) is 6.07 Å². The lowest BCUT2D eigenvalue weighted by Gasteiger charge is -2.07. The standard InChI is InChI=1S/C14H8ClFN2O3/c15-11-2-4-13(18(19)20)14(6-11)21-8-9-1-3-12(16)10(5-9)7-17/h1-6H,8H2. The van der Waals surface area contributed by atoms with Gasteiger partial charge >= 0.3 is 5.69 Å². The molecule has 2 aromatic carbocycles. The first-order valence-electron chi connectivity index (χ1n) is 5.76. The molecule has 21 heavy (non-hydrogen) atoms. The van der Waals surface area contributed by atoms with Gasteiger partial charge in [0.15, 0.2) is 5.75 Å². The number of halogens is 2. The van der Waals surface area contributed by atoms with Crippen molar-refractivity contribution in [3.8, 4) is 11.8 Å². The van der Waals surface area contributed by atoms with Crippen molar-refractivity contribution in [2.24, 2.45) is 0 Å². The van der Waals surface area contributed by atoms with Crippen molar-refractivity contribution < 1.29 is 14.1 Å². The molecule has 0 atom stereocenters. The maximum absolute atomic E-state index is 13.2. The Labute approximate surface area is 124 Å². The highest BCUT2D eigenvalue weighted by atomic mass is 35.5. The van der Waals surface area contributed by atoms with Crippen LogP contribution in [-0.2, 0) is 6.61 Å². The van der Waals surface area contributed by atoms with Gasteiger partial charge in [-0.05, 0) is 23.8 Å². The van der Waals surface area contributed by atoms with Gasteiger partial charge in [0.25, 0.3) is 0 Å². The molecule has 2 aromatic rings. The van der Waals surface area contributed by atoms with Crippen LogP contribution in [0, 0.1) is 27.3 Å². The molecule has 0 spiro atoms. The van der Waals surface area contributed by atoms with Gasteiger partial charge in [0.1, 0.15) is 18.5 Å². The number of rotatable bonds is 4. The van der Waals surface area contributed by atoms with Crippen LogP contribution in [0.2, 0.25) is 5.02 Å². The summed E-state index contributed by atoms with van der Waals surface area (Å²) >= 11 is 5.78. The fourth-order valence-electron chi connectivity index (χ4n) is 1.66. The predicted octanol–water partition coefficient (Wildman–Crippen LogP) is 3.84. The first-order valence-corrected chi connectivity index (χ1v) is 6.14. The van der Waals surface area contributed by atoms with E-state index in [9.17, 15) is 14.5 Å². The van der Waals surface area contributed by atoms with E-state index in [0.29, 0.717) is 10.6 Å². The normalized spacial score (nSPS) is 9.95. The summed E-state index contributed by atoms with van der Waals surface area (Å²) in [6.45, 7) is -0.0455. The van der Waals surface area contributed by atoms with Crippen LogP contribution in [0.5, 0.6) is 5.75 Å². The molecule has 5 nitrogen and oxygen atoms in total. The fourth-order valence-corrected chi connectivity index (χ4v) is 1.83. The average molecular weight is 307 g/mol. The maximum atomic E-state index is 13.2. The zero-order valence-corrected chi connectivity index (χ0v) is 11.3. The molecule has 0 aliphatic rings. The summed E-state index contributed by atoms with van der Waals surface area (Å²) in [6, 6.07) is 9.57. The molecule has 106 valence electrons. The van der Waals surface area contributed by atoms with Gasteiger partial charge in [0.05, 0.1) is 10.5 Å². The molecule has 0 heterocycles. The molecule has 0 aliphatic heterocycles. The van der Waals surface area contributed by atoms with Gasteiger partial charge < -0.3 is 4.74 Å². The Morgan fingerprint density at radius 1 is 1.33 bits per heavy atom. The number of nitriles is 1. The van der Waals surface area contributed by atoms with E-state index in [2.05, 4.69) is 0 Å². The van der Waals surface area contributed by atoms with E-state index in [1.165, 1.54) is 30.3 Å². The Kier molecular flexibility index (Phi) is 4.36. The number of hydrogen-bond donors (Lipinski definition) is 0. The van der Waals surface area contributed by atoms with Gasteiger partial charge in [-0.2, -0.15) is 5.26 Å². The van der Waals surface area contributed by atoms with Gasteiger partial charge in [-0.1, -0.05) is 17.7 Å². The SMILES string of the molecule is N#Cc1cc(COc2cc(Cl)ccc2[N+](=O)[O-])ccc1F. The first-order chi connectivity index (χ1) is 10.0. The van der Waals surface area contributed by atoms with Crippen molar-refractivity contribution in [1.82, 2.24) is 0 Å². The second kappa shape index (κ2) is 6.20. The smallest absolute Gasteiger partial charge is 0.311 e. The second-order valence-corrected chi connectivity index (χ2v) is 4.52. The lowest BCUT2D eigenvalue weighted by atomic mass is 10.1. The van der Waals surface area contributed by atoms with Crippen LogP contribution in [-0.4, -0.2) is 4.92 Å². The van der Waals surface area contributed by atoms with Gasteiger partial charge in [-0.15, -0.1) is 0 Å². The van der Waals surface area contributed by atoms with Crippen molar-refractivity contribution in [1.29, 1.82) is 5.26 Å². The first kappa shape index (κ1) is 14.8. The molecule has 0 fully saturated rings. The van der Waals surface area contributed by atoms with Crippen LogP contribution in [0.4, 0.5) is 10.1 Å². The number of benzene rings is 2. The predicted molar refractivity (Wildman–Crippen MR) is 73.6 cm³/mol. The van der Waals surface area contributed by atoms with Crippen molar-refractivity contribution in [3.05, 3.63) is 68.5 Å². The zero-order valence-electron chi connectivity index (χ0n) is 10.5. The number of nitro groups is 1. The van der Waals surface area contributed by atoms with Gasteiger partial charge in [0.2, 0.25) is 0 Å². The Balaban J connectivity index is 2.22. The highest BCUT2D eigenvalue weighted by Gasteiger charge is 2.15. The van der Waals surface area contributed by atoms with E-state index >= 15 is 0 Å². The number of ether oxygens (including phenoxy) is 1. The third-order valence-corrected chi connectivity index (χ3v) is 2.90. The molecule has 0 bridgehead atoms. The molecule has 0 aliphatic carbocycles. The van der Waals surface area contributed by atoms with E-state index in [-0.39, 0.29) is 23.6 Å². The molecule has 0 unspecified atom stereocenters. The Bertz CT molecular complexity index is 743. The minimum Gasteiger partial charge on any atom is -0.482 e. The minimum atomic E-state index is -0.630. The summed E-state index contributed by atoms with van der Waals surface area (Å²) in [6.07, 6.45) is 0. The molecule has 0 aromatic heterocycles. The molecule has 7 heteroatoms. The lowest BCUT2D eigenvalue weighted by Crippen LogP contribution is -2.00. The van der Waals surface area contributed by atoms with Gasteiger partial charge in [-0.3, -0.25) is 10.1 Å². The van der Waals surface area contributed by atoms with Crippen molar-refractivity contribution in [2.75, 3.05) is 0 Å². The summed E-state index contributed by atoms with van der Waals surface area (Å²) in [5.74, 6) is -0.620. The highest BCUT2D eigenvalue weighted by Crippen LogP contribution is 2.30. The highest BCUT2D eigenvalue weighted by molar-refractivity contribution is 6.30. The van der Waals surface area contributed by atoms with E-state index in [4.69, 9.17) is 21.6 Å². The molecule has 0 radical (unpaired) electrons. The number of hydrogen-bond acceptors (Lipinski definition) is 4. The Morgan fingerprint density at radius 3 is 2.76 bits per heavy atom. The monoisotopic (exact) mass is 306 g/mol. The number of nitrogens with zero attached hydrogens (tertiary/aromatic N) is 2. The quantitative estimate of drug-likeness (QED) is 0.635.